The molecule has 0 saturated carbocycles. The van der Waals surface area contributed by atoms with Crippen LogP contribution < -0.4 is 22.1 Å². The first-order chi connectivity index (χ1) is 30.8. The van der Waals surface area contributed by atoms with Crippen molar-refractivity contribution in [3.05, 3.63) is 132 Å². The lowest BCUT2D eigenvalue weighted by Gasteiger charge is -2.41. The molecule has 2 bridgehead atoms. The zero-order chi connectivity index (χ0) is 45.7. The standard InChI is InChI=1S/C51H70N12O/c1-11-38(12-2)27-45-48-32(5)17-19-41(63-42-21-22-43(63)31-64-30-42)20-18-39-28-40(35(8)53)29-46-49(39)61(50(58-46)55-36(9)44(54-13-3)25-33(6)52)24-16-15-23-60(48)51(57-45)56-37(10)47-26-34(7)59-62(47)14-4/h11-12,15-16,25-27,29,32,39,41-43H,1-2,8-10,13-14,17-24,28,30-31,52-53H2,3-7H3,(H,55,58)(H,56,57)/b16-15+,33-25-,54-44?. The number of hydrogen-bond acceptors (Lipinski definition) is 10. The Morgan fingerprint density at radius 3 is 2.20 bits per heavy atom. The molecule has 64 heavy (non-hydrogen) atoms. The second kappa shape index (κ2) is 20.3. The van der Waals surface area contributed by atoms with Crippen molar-refractivity contribution in [1.82, 2.24) is 33.8 Å². The maximum absolute atomic E-state index is 6.49. The van der Waals surface area contributed by atoms with Gasteiger partial charge in [0.15, 0.2) is 0 Å². The van der Waals surface area contributed by atoms with Gasteiger partial charge in [-0.15, -0.1) is 0 Å². The quantitative estimate of drug-likeness (QED) is 0.0706. The lowest BCUT2D eigenvalue weighted by molar-refractivity contribution is -0.0408. The molecule has 2 saturated heterocycles. The van der Waals surface area contributed by atoms with Gasteiger partial charge < -0.3 is 36.0 Å². The largest absolute Gasteiger partial charge is 0.402 e. The van der Waals surface area contributed by atoms with Gasteiger partial charge >= 0.3 is 0 Å². The molecular formula is C51H70N12O. The summed E-state index contributed by atoms with van der Waals surface area (Å²) in [5.74, 6) is 1.75. The van der Waals surface area contributed by atoms with Crippen LogP contribution in [0, 0.1) is 6.92 Å². The highest BCUT2D eigenvalue weighted by molar-refractivity contribution is 6.09. The summed E-state index contributed by atoms with van der Waals surface area (Å²) in [6, 6.07) is 3.28. The number of fused-ring (bicyclic) bond motifs is 3. The maximum Gasteiger partial charge on any atom is 0.208 e. The van der Waals surface area contributed by atoms with Gasteiger partial charge in [-0.25, -0.2) is 9.97 Å². The molecule has 2 fully saturated rings. The summed E-state index contributed by atoms with van der Waals surface area (Å²) >= 11 is 0. The van der Waals surface area contributed by atoms with Crippen LogP contribution >= 0.6 is 0 Å². The SMILES string of the molecule is C=CC(C=C)=Cc1nc(NC(=C)c2cc(C)nn2CC)n2c1C(C)CCC(N1C3CCC1COC3)CCC1CC(C(=C)N)=Cc3nc(NC(=C)C(/C=C(/C)N)=NCC)n(c31)C/C=C/C2. The van der Waals surface area contributed by atoms with Crippen molar-refractivity contribution in [2.24, 2.45) is 16.5 Å². The number of aromatic nitrogens is 6. The van der Waals surface area contributed by atoms with Crippen LogP contribution in [0.25, 0.3) is 17.8 Å². The highest BCUT2D eigenvalue weighted by Gasteiger charge is 2.42. The highest BCUT2D eigenvalue weighted by Crippen LogP contribution is 2.43. The van der Waals surface area contributed by atoms with Crippen LogP contribution in [0.2, 0.25) is 0 Å². The highest BCUT2D eigenvalue weighted by atomic mass is 16.5. The van der Waals surface area contributed by atoms with Crippen molar-refractivity contribution < 1.29 is 4.74 Å². The molecule has 0 radical (unpaired) electrons. The minimum absolute atomic E-state index is 0.169. The summed E-state index contributed by atoms with van der Waals surface area (Å²) in [6.45, 7) is 35.6. The van der Waals surface area contributed by atoms with Gasteiger partial charge in [0.25, 0.3) is 0 Å². The van der Waals surface area contributed by atoms with Crippen molar-refractivity contribution in [3.8, 4) is 0 Å². The van der Waals surface area contributed by atoms with Crippen LogP contribution in [0.4, 0.5) is 11.9 Å². The molecule has 0 aromatic carbocycles. The van der Waals surface area contributed by atoms with Crippen LogP contribution in [-0.2, 0) is 24.4 Å². The second-order valence-corrected chi connectivity index (χ2v) is 17.8. The Bertz CT molecular complexity index is 2400. The lowest BCUT2D eigenvalue weighted by atomic mass is 9.83. The van der Waals surface area contributed by atoms with E-state index in [1.807, 2.05) is 43.7 Å². The number of imidazole rings is 2. The molecule has 340 valence electrons. The maximum atomic E-state index is 6.49. The molecule has 5 unspecified atom stereocenters. The summed E-state index contributed by atoms with van der Waals surface area (Å²) in [6.07, 6.45) is 21.3. The number of rotatable bonds is 14. The van der Waals surface area contributed by atoms with Gasteiger partial charge in [0.2, 0.25) is 11.9 Å². The summed E-state index contributed by atoms with van der Waals surface area (Å²) in [4.78, 5) is 18.1. The first-order valence-electron chi connectivity index (χ1n) is 23.1. The molecule has 1 aliphatic carbocycles. The predicted octanol–water partition coefficient (Wildman–Crippen LogP) is 9.20. The minimum Gasteiger partial charge on any atom is -0.402 e. The molecule has 4 aliphatic rings. The number of aliphatic imine (C=N–C) groups is 1. The number of ether oxygens (including phenoxy) is 1. The van der Waals surface area contributed by atoms with Gasteiger partial charge in [-0.1, -0.05) is 64.1 Å². The molecule has 0 amide bonds. The van der Waals surface area contributed by atoms with E-state index >= 15 is 0 Å². The molecule has 6 N–H and O–H groups in total. The molecule has 13 heteroatoms. The molecule has 3 aromatic heterocycles. The monoisotopic (exact) mass is 867 g/mol. The normalized spacial score (nSPS) is 23.4. The van der Waals surface area contributed by atoms with E-state index in [9.17, 15) is 0 Å². The molecule has 7 rings (SSSR count). The zero-order valence-corrected chi connectivity index (χ0v) is 38.9. The average Bonchev–Trinajstić information content (AvgIpc) is 3.99. The number of hydrogen-bond donors (Lipinski definition) is 4. The van der Waals surface area contributed by atoms with Crippen molar-refractivity contribution in [1.29, 1.82) is 0 Å². The number of morpholine rings is 1. The minimum atomic E-state index is 0.169. The predicted molar refractivity (Wildman–Crippen MR) is 265 cm³/mol. The third-order valence-electron chi connectivity index (χ3n) is 13.2. The molecule has 0 spiro atoms. The summed E-state index contributed by atoms with van der Waals surface area (Å²) in [5.41, 5.74) is 23.9. The zero-order valence-electron chi connectivity index (χ0n) is 38.9. The molecule has 13 nitrogen and oxygen atoms in total. The van der Waals surface area contributed by atoms with E-state index in [1.165, 1.54) is 18.5 Å². The Morgan fingerprint density at radius 2 is 1.56 bits per heavy atom. The Balaban J connectivity index is 1.37. The van der Waals surface area contributed by atoms with E-state index in [1.54, 1.807) is 0 Å². The average molecular weight is 867 g/mol. The van der Waals surface area contributed by atoms with E-state index in [-0.39, 0.29) is 11.8 Å². The van der Waals surface area contributed by atoms with E-state index in [0.717, 1.165) is 97.2 Å². The molecule has 3 aromatic rings. The fourth-order valence-corrected chi connectivity index (χ4v) is 10.2. The number of nitrogens with two attached hydrogens (primary N) is 2. The van der Waals surface area contributed by atoms with Gasteiger partial charge in [-0.05, 0) is 114 Å². The fraction of sp³-hybridized carbons (Fsp3) is 0.451. The number of nitrogens with zero attached hydrogens (tertiary/aromatic N) is 8. The first-order valence-corrected chi connectivity index (χ1v) is 23.1. The second-order valence-electron chi connectivity index (χ2n) is 17.8. The summed E-state index contributed by atoms with van der Waals surface area (Å²) in [7, 11) is 0. The van der Waals surface area contributed by atoms with Crippen LogP contribution in [0.5, 0.6) is 0 Å². The lowest BCUT2D eigenvalue weighted by Crippen LogP contribution is -2.51. The van der Waals surface area contributed by atoms with Crippen LogP contribution in [0.3, 0.4) is 0 Å². The van der Waals surface area contributed by atoms with Gasteiger partial charge in [0.1, 0.15) is 0 Å². The Kier molecular flexibility index (Phi) is 14.6. The van der Waals surface area contributed by atoms with Gasteiger partial charge in [0.05, 0.1) is 58.8 Å². The van der Waals surface area contributed by atoms with E-state index in [0.29, 0.717) is 72.5 Å². The van der Waals surface area contributed by atoms with Crippen LogP contribution in [0.1, 0.15) is 119 Å². The topological polar surface area (TPSA) is 154 Å². The Morgan fingerprint density at radius 1 is 0.906 bits per heavy atom. The summed E-state index contributed by atoms with van der Waals surface area (Å²) in [5, 5.41) is 11.9. The smallest absolute Gasteiger partial charge is 0.208 e. The van der Waals surface area contributed by atoms with Gasteiger partial charge in [-0.3, -0.25) is 14.6 Å². The Labute approximate surface area is 380 Å². The van der Waals surface area contributed by atoms with Gasteiger partial charge in [-0.2, -0.15) is 5.10 Å². The third-order valence-corrected chi connectivity index (χ3v) is 13.2. The third kappa shape index (κ3) is 9.90. The number of anilines is 2. The van der Waals surface area contributed by atoms with E-state index in [2.05, 4.69) is 102 Å². The Hall–Kier alpha value is -5.92. The van der Waals surface area contributed by atoms with Gasteiger partial charge in [0, 0.05) is 67.3 Å². The van der Waals surface area contributed by atoms with Crippen LogP contribution in [0.15, 0.2) is 103 Å². The van der Waals surface area contributed by atoms with E-state index in [4.69, 9.17) is 36.3 Å². The number of nitrogens with one attached hydrogen (secondary N) is 2. The fourth-order valence-electron chi connectivity index (χ4n) is 10.2. The molecule has 6 heterocycles. The van der Waals surface area contributed by atoms with Crippen molar-refractivity contribution in [2.75, 3.05) is 30.4 Å². The number of allylic oxidation sites excluding steroid dienone is 8. The number of aryl methyl sites for hydroxylation is 2. The van der Waals surface area contributed by atoms with Crippen LogP contribution in [-0.4, -0.2) is 77.4 Å². The molecule has 5 atom stereocenters. The van der Waals surface area contributed by atoms with Crippen molar-refractivity contribution in [2.45, 2.75) is 129 Å². The molecular weight excluding hydrogens is 797 g/mol. The molecule has 3 aliphatic heterocycles. The van der Waals surface area contributed by atoms with Crippen molar-refractivity contribution >= 4 is 35.5 Å². The van der Waals surface area contributed by atoms with E-state index < -0.39 is 0 Å². The first kappa shape index (κ1) is 46.1. The van der Waals surface area contributed by atoms with Crippen molar-refractivity contribution in [3.63, 3.8) is 0 Å². The summed E-state index contributed by atoms with van der Waals surface area (Å²) < 4.78 is 12.7.